The summed E-state index contributed by atoms with van der Waals surface area (Å²) in [6, 6.07) is 14.0. The molecule has 18 heavy (non-hydrogen) atoms. The number of nitrogens with zero attached hydrogens (tertiary/aromatic N) is 2. The molecule has 0 unspecified atom stereocenters. The van der Waals surface area contributed by atoms with Crippen LogP contribution in [-0.2, 0) is 0 Å². The molecule has 0 bridgehead atoms. The lowest BCUT2D eigenvalue weighted by molar-refractivity contribution is 1.04. The third-order valence-electron chi connectivity index (χ3n) is 2.26. The first-order chi connectivity index (χ1) is 8.75. The lowest BCUT2D eigenvalue weighted by Gasteiger charge is -2.01. The van der Waals surface area contributed by atoms with Gasteiger partial charge in [-0.15, -0.1) is 0 Å². The Kier molecular flexibility index (Phi) is 3.98. The van der Waals surface area contributed by atoms with Crippen LogP contribution in [0.5, 0.6) is 0 Å². The summed E-state index contributed by atoms with van der Waals surface area (Å²) in [6.07, 6.45) is 3.32. The molecule has 1 aromatic heterocycles. The molecule has 0 radical (unpaired) electrons. The molecule has 0 amide bonds. The monoisotopic (exact) mass is 256 g/mol. The van der Waals surface area contributed by atoms with E-state index < -0.39 is 0 Å². The summed E-state index contributed by atoms with van der Waals surface area (Å²) < 4.78 is 0. The van der Waals surface area contributed by atoms with Gasteiger partial charge in [-0.05, 0) is 35.5 Å². The Morgan fingerprint density at radius 3 is 2.72 bits per heavy atom. The molecule has 0 aliphatic carbocycles. The molecule has 2 rings (SSSR count). The van der Waals surface area contributed by atoms with Gasteiger partial charge in [-0.2, -0.15) is 5.10 Å². The molecule has 0 aliphatic rings. The highest BCUT2D eigenvalue weighted by atomic mass is 32.1. The normalized spacial score (nSPS) is 10.4. The summed E-state index contributed by atoms with van der Waals surface area (Å²) in [6.45, 7) is 0. The van der Waals surface area contributed by atoms with Gasteiger partial charge in [-0.1, -0.05) is 30.3 Å². The average molecular weight is 256 g/mol. The Labute approximate surface area is 111 Å². The zero-order chi connectivity index (χ0) is 12.8. The third kappa shape index (κ3) is 3.36. The molecule has 0 saturated heterocycles. The molecule has 4 nitrogen and oxygen atoms in total. The van der Waals surface area contributed by atoms with Gasteiger partial charge >= 0.3 is 0 Å². The number of hydrogen-bond donors (Lipinski definition) is 2. The third-order valence-corrected chi connectivity index (χ3v) is 2.35. The smallest absolute Gasteiger partial charge is 0.184 e. The van der Waals surface area contributed by atoms with Crippen molar-refractivity contribution in [2.24, 2.45) is 10.8 Å². The van der Waals surface area contributed by atoms with Crippen molar-refractivity contribution in [3.8, 4) is 11.1 Å². The molecular weight excluding hydrogens is 244 g/mol. The van der Waals surface area contributed by atoms with E-state index in [1.54, 1.807) is 12.4 Å². The van der Waals surface area contributed by atoms with Crippen LogP contribution in [0, 0.1) is 0 Å². The molecule has 90 valence electrons. The second-order valence-electron chi connectivity index (χ2n) is 3.57. The fourth-order valence-electron chi connectivity index (χ4n) is 1.49. The van der Waals surface area contributed by atoms with Crippen LogP contribution in [0.1, 0.15) is 5.69 Å². The molecule has 0 fully saturated rings. The highest BCUT2D eigenvalue weighted by Gasteiger charge is 1.97. The maximum absolute atomic E-state index is 5.26. The minimum absolute atomic E-state index is 0.130. The van der Waals surface area contributed by atoms with Crippen molar-refractivity contribution in [3.63, 3.8) is 0 Å². The summed E-state index contributed by atoms with van der Waals surface area (Å²) in [5.41, 5.74) is 10.7. The van der Waals surface area contributed by atoms with Crippen LogP contribution in [0.25, 0.3) is 11.1 Å². The van der Waals surface area contributed by atoms with E-state index in [0.29, 0.717) is 0 Å². The van der Waals surface area contributed by atoms with Crippen LogP contribution in [0.15, 0.2) is 53.8 Å². The number of nitrogens with two attached hydrogens (primary N) is 1. The standard InChI is InChI=1S/C13H12N4S/c14-13(18)17-16-9-12-8-11(6-7-15-12)10-4-2-1-3-5-10/h1-9H,(H3,14,17,18)/b16-9-. The largest absolute Gasteiger partial charge is 0.375 e. The van der Waals surface area contributed by atoms with Gasteiger partial charge in [0, 0.05) is 6.20 Å². The summed E-state index contributed by atoms with van der Waals surface area (Å²) in [7, 11) is 0. The summed E-state index contributed by atoms with van der Waals surface area (Å²) >= 11 is 4.65. The van der Waals surface area contributed by atoms with E-state index in [0.717, 1.165) is 16.8 Å². The molecule has 5 heteroatoms. The van der Waals surface area contributed by atoms with Crippen LogP contribution in [0.2, 0.25) is 0 Å². The number of nitrogens with one attached hydrogen (secondary N) is 1. The lowest BCUT2D eigenvalue weighted by Crippen LogP contribution is -2.24. The molecule has 0 spiro atoms. The highest BCUT2D eigenvalue weighted by molar-refractivity contribution is 7.80. The van der Waals surface area contributed by atoms with Crippen LogP contribution in [0.3, 0.4) is 0 Å². The second kappa shape index (κ2) is 5.88. The number of benzene rings is 1. The number of aromatic nitrogens is 1. The molecule has 0 saturated carbocycles. The maximum Gasteiger partial charge on any atom is 0.184 e. The van der Waals surface area contributed by atoms with E-state index in [1.165, 1.54) is 0 Å². The van der Waals surface area contributed by atoms with Crippen LogP contribution in [-0.4, -0.2) is 16.3 Å². The number of thiocarbonyl (C=S) groups is 1. The van der Waals surface area contributed by atoms with Crippen molar-refractivity contribution in [2.75, 3.05) is 0 Å². The SMILES string of the molecule is NC(=S)N/N=C\c1cc(-c2ccccc2)ccn1. The predicted molar refractivity (Wildman–Crippen MR) is 77.2 cm³/mol. The van der Waals surface area contributed by atoms with Gasteiger partial charge in [-0.25, -0.2) is 0 Å². The molecule has 1 heterocycles. The average Bonchev–Trinajstić information content (AvgIpc) is 2.40. The van der Waals surface area contributed by atoms with Crippen molar-refractivity contribution in [3.05, 3.63) is 54.4 Å². The minimum Gasteiger partial charge on any atom is -0.375 e. The fourth-order valence-corrected chi connectivity index (χ4v) is 1.54. The van der Waals surface area contributed by atoms with Crippen molar-refractivity contribution < 1.29 is 0 Å². The lowest BCUT2D eigenvalue weighted by atomic mass is 10.1. The van der Waals surface area contributed by atoms with Crippen molar-refractivity contribution in [1.82, 2.24) is 10.4 Å². The zero-order valence-electron chi connectivity index (χ0n) is 9.58. The molecule has 2 aromatic rings. The first-order valence-corrected chi connectivity index (χ1v) is 5.76. The van der Waals surface area contributed by atoms with Crippen molar-refractivity contribution >= 4 is 23.5 Å². The van der Waals surface area contributed by atoms with E-state index >= 15 is 0 Å². The summed E-state index contributed by atoms with van der Waals surface area (Å²) in [4.78, 5) is 4.19. The van der Waals surface area contributed by atoms with Gasteiger partial charge in [-0.3, -0.25) is 10.4 Å². The first kappa shape index (κ1) is 12.2. The zero-order valence-corrected chi connectivity index (χ0v) is 10.4. The van der Waals surface area contributed by atoms with Crippen LogP contribution >= 0.6 is 12.2 Å². The maximum atomic E-state index is 5.26. The summed E-state index contributed by atoms with van der Waals surface area (Å²) in [5.74, 6) is 0. The molecule has 0 atom stereocenters. The van der Waals surface area contributed by atoms with Gasteiger partial charge in [0.15, 0.2) is 5.11 Å². The van der Waals surface area contributed by atoms with Gasteiger partial charge in [0.2, 0.25) is 0 Å². The number of hydrogen-bond acceptors (Lipinski definition) is 3. The molecule has 1 aromatic carbocycles. The molecular formula is C13H12N4S. The first-order valence-electron chi connectivity index (χ1n) is 5.36. The number of pyridine rings is 1. The van der Waals surface area contributed by atoms with Crippen molar-refractivity contribution in [1.29, 1.82) is 0 Å². The Hall–Kier alpha value is -2.27. The van der Waals surface area contributed by atoms with Crippen LogP contribution in [0.4, 0.5) is 0 Å². The summed E-state index contributed by atoms with van der Waals surface area (Å²) in [5, 5.41) is 4.00. The second-order valence-corrected chi connectivity index (χ2v) is 4.01. The van der Waals surface area contributed by atoms with Gasteiger partial charge in [0.1, 0.15) is 0 Å². The Balaban J connectivity index is 2.20. The van der Waals surface area contributed by atoms with E-state index in [9.17, 15) is 0 Å². The number of rotatable bonds is 3. The number of hydrazone groups is 1. The predicted octanol–water partition coefficient (Wildman–Crippen LogP) is 1.92. The van der Waals surface area contributed by atoms with E-state index in [2.05, 4.69) is 27.7 Å². The quantitative estimate of drug-likeness (QED) is 0.500. The highest BCUT2D eigenvalue weighted by Crippen LogP contribution is 2.18. The van der Waals surface area contributed by atoms with Gasteiger partial charge in [0.25, 0.3) is 0 Å². The topological polar surface area (TPSA) is 63.3 Å². The Morgan fingerprint density at radius 2 is 2.00 bits per heavy atom. The Bertz CT molecular complexity index is 566. The Morgan fingerprint density at radius 1 is 1.22 bits per heavy atom. The molecule has 0 aliphatic heterocycles. The van der Waals surface area contributed by atoms with Gasteiger partial charge in [0.05, 0.1) is 11.9 Å². The van der Waals surface area contributed by atoms with E-state index in [4.69, 9.17) is 5.73 Å². The van der Waals surface area contributed by atoms with E-state index in [1.807, 2.05) is 42.5 Å². The van der Waals surface area contributed by atoms with Crippen molar-refractivity contribution in [2.45, 2.75) is 0 Å². The fraction of sp³-hybridized carbons (Fsp3) is 0. The van der Waals surface area contributed by atoms with E-state index in [-0.39, 0.29) is 5.11 Å². The molecule has 3 N–H and O–H groups in total. The van der Waals surface area contributed by atoms with Gasteiger partial charge < -0.3 is 5.73 Å². The van der Waals surface area contributed by atoms with Crippen LogP contribution < -0.4 is 11.2 Å². The minimum atomic E-state index is 0.130.